The van der Waals surface area contributed by atoms with E-state index in [0.29, 0.717) is 12.9 Å². The second-order valence-corrected chi connectivity index (χ2v) is 5.88. The molecule has 1 aromatic heterocycles. The van der Waals surface area contributed by atoms with Crippen molar-refractivity contribution in [1.82, 2.24) is 4.98 Å². The highest BCUT2D eigenvalue weighted by molar-refractivity contribution is 5.81. The van der Waals surface area contributed by atoms with E-state index in [2.05, 4.69) is 9.72 Å². The maximum absolute atomic E-state index is 12.2. The molecule has 0 saturated heterocycles. The number of fused-ring (bicyclic) bond motifs is 1. The zero-order chi connectivity index (χ0) is 18.7. The van der Waals surface area contributed by atoms with Gasteiger partial charge in [0, 0.05) is 23.0 Å². The van der Waals surface area contributed by atoms with E-state index in [0.717, 1.165) is 27.7 Å². The van der Waals surface area contributed by atoms with Crippen LogP contribution in [0.5, 0.6) is 5.75 Å². The molecule has 7 heteroatoms. The van der Waals surface area contributed by atoms with Crippen LogP contribution in [0, 0.1) is 0 Å². The van der Waals surface area contributed by atoms with Crippen LogP contribution in [-0.2, 0) is 16.0 Å². The Labute approximate surface area is 147 Å². The largest absolute Gasteiger partial charge is 0.573 e. The molecule has 0 aliphatic rings. The molecule has 0 aliphatic heterocycles. The Morgan fingerprint density at radius 3 is 2.50 bits per heavy atom. The van der Waals surface area contributed by atoms with Crippen molar-refractivity contribution < 1.29 is 27.4 Å². The Bertz CT molecular complexity index is 901. The second kappa shape index (κ2) is 7.11. The number of hydrogen-bond acceptors (Lipinski definition) is 3. The molecule has 1 heterocycles. The summed E-state index contributed by atoms with van der Waals surface area (Å²) in [6.45, 7) is 2.21. The molecule has 0 amide bonds. The Balaban J connectivity index is 1.75. The van der Waals surface area contributed by atoms with E-state index in [1.165, 1.54) is 12.1 Å². The van der Waals surface area contributed by atoms with Gasteiger partial charge in [-0.3, -0.25) is 4.79 Å². The number of carbonyl (C=O) groups is 1. The maximum atomic E-state index is 12.2. The molecule has 0 fully saturated rings. The van der Waals surface area contributed by atoms with Crippen molar-refractivity contribution >= 4 is 17.4 Å². The van der Waals surface area contributed by atoms with E-state index in [4.69, 9.17) is 4.74 Å². The summed E-state index contributed by atoms with van der Waals surface area (Å²) in [5, 5.41) is 0.968. The number of H-pyrrole nitrogens is 1. The molecule has 0 spiro atoms. The smallest absolute Gasteiger partial charge is 0.460 e. The summed E-state index contributed by atoms with van der Waals surface area (Å²) in [4.78, 5) is 13.7. The fourth-order valence-electron chi connectivity index (χ4n) is 2.75. The number of alkyl halides is 3. The van der Waals surface area contributed by atoms with Crippen molar-refractivity contribution in [3.63, 3.8) is 0 Å². The van der Waals surface area contributed by atoms with E-state index in [9.17, 15) is 18.0 Å². The standard InChI is InChI=1S/C19H16F3NO3/c1-12(25-11-24)14-4-7-18-15(9-14)10-16(23-18)8-13-2-5-17(6-3-13)26-19(20,21)22/h2-7,9-12,23H,8H2,1H3. The summed E-state index contributed by atoms with van der Waals surface area (Å²) in [5.74, 6) is -0.244. The summed E-state index contributed by atoms with van der Waals surface area (Å²) < 4.78 is 45.4. The molecule has 136 valence electrons. The van der Waals surface area contributed by atoms with Gasteiger partial charge in [0.25, 0.3) is 6.47 Å². The van der Waals surface area contributed by atoms with Gasteiger partial charge in [-0.25, -0.2) is 0 Å². The van der Waals surface area contributed by atoms with E-state index >= 15 is 0 Å². The van der Waals surface area contributed by atoms with Gasteiger partial charge in [-0.05, 0) is 48.4 Å². The van der Waals surface area contributed by atoms with Gasteiger partial charge in [0.15, 0.2) is 0 Å². The van der Waals surface area contributed by atoms with E-state index < -0.39 is 6.36 Å². The van der Waals surface area contributed by atoms with Gasteiger partial charge in [0.2, 0.25) is 0 Å². The number of nitrogens with one attached hydrogen (secondary N) is 1. The molecule has 0 aliphatic carbocycles. The second-order valence-electron chi connectivity index (χ2n) is 5.88. The first kappa shape index (κ1) is 17.8. The van der Waals surface area contributed by atoms with Crippen LogP contribution >= 0.6 is 0 Å². The van der Waals surface area contributed by atoms with Gasteiger partial charge in [-0.2, -0.15) is 0 Å². The molecule has 1 unspecified atom stereocenters. The quantitative estimate of drug-likeness (QED) is 0.635. The molecule has 3 aromatic rings. The van der Waals surface area contributed by atoms with Crippen molar-refractivity contribution in [3.05, 3.63) is 65.4 Å². The van der Waals surface area contributed by atoms with Gasteiger partial charge in [0.05, 0.1) is 0 Å². The van der Waals surface area contributed by atoms with Crippen LogP contribution in [0.1, 0.15) is 29.8 Å². The number of ether oxygens (including phenoxy) is 2. The average Bonchev–Trinajstić information content (AvgIpc) is 2.97. The lowest BCUT2D eigenvalue weighted by atomic mass is 10.1. The molecule has 0 saturated carbocycles. The first-order valence-corrected chi connectivity index (χ1v) is 7.89. The van der Waals surface area contributed by atoms with Crippen molar-refractivity contribution in [2.24, 2.45) is 0 Å². The van der Waals surface area contributed by atoms with Gasteiger partial charge in [-0.15, -0.1) is 13.2 Å². The predicted octanol–water partition coefficient (Wildman–Crippen LogP) is 4.89. The van der Waals surface area contributed by atoms with Crippen molar-refractivity contribution in [2.45, 2.75) is 25.8 Å². The lowest BCUT2D eigenvalue weighted by Crippen LogP contribution is -2.17. The molecule has 4 nitrogen and oxygen atoms in total. The Kier molecular flexibility index (Phi) is 4.88. The summed E-state index contributed by atoms with van der Waals surface area (Å²) in [5.41, 5.74) is 3.58. The number of benzene rings is 2. The number of carbonyl (C=O) groups excluding carboxylic acids is 1. The van der Waals surface area contributed by atoms with Crippen molar-refractivity contribution in [2.75, 3.05) is 0 Å². The fourth-order valence-corrected chi connectivity index (χ4v) is 2.75. The lowest BCUT2D eigenvalue weighted by Gasteiger charge is -2.09. The van der Waals surface area contributed by atoms with E-state index in [1.54, 1.807) is 19.1 Å². The van der Waals surface area contributed by atoms with E-state index in [1.807, 2.05) is 24.3 Å². The van der Waals surface area contributed by atoms with Gasteiger partial charge >= 0.3 is 6.36 Å². The van der Waals surface area contributed by atoms with Gasteiger partial charge in [-0.1, -0.05) is 18.2 Å². The summed E-state index contributed by atoms with van der Waals surface area (Å²) in [6, 6.07) is 13.5. The van der Waals surface area contributed by atoms with Crippen LogP contribution in [0.3, 0.4) is 0 Å². The third kappa shape index (κ3) is 4.36. The average molecular weight is 363 g/mol. The highest BCUT2D eigenvalue weighted by Gasteiger charge is 2.30. The minimum Gasteiger partial charge on any atom is -0.460 e. The van der Waals surface area contributed by atoms with Gasteiger partial charge < -0.3 is 14.5 Å². The summed E-state index contributed by atoms with van der Waals surface area (Å²) in [7, 11) is 0. The predicted molar refractivity (Wildman–Crippen MR) is 89.8 cm³/mol. The Hall–Kier alpha value is -2.96. The van der Waals surface area contributed by atoms with Crippen LogP contribution in [-0.4, -0.2) is 17.8 Å². The maximum Gasteiger partial charge on any atom is 0.573 e. The molecule has 1 N–H and O–H groups in total. The number of aromatic nitrogens is 1. The number of halogens is 3. The molecular weight excluding hydrogens is 347 g/mol. The summed E-state index contributed by atoms with van der Waals surface area (Å²) in [6.07, 6.45) is -4.49. The topological polar surface area (TPSA) is 51.3 Å². The minimum absolute atomic E-state index is 0.244. The third-order valence-corrected chi connectivity index (χ3v) is 3.98. The van der Waals surface area contributed by atoms with Crippen LogP contribution in [0.2, 0.25) is 0 Å². The lowest BCUT2D eigenvalue weighted by molar-refractivity contribution is -0.274. The zero-order valence-corrected chi connectivity index (χ0v) is 13.8. The van der Waals surface area contributed by atoms with E-state index in [-0.39, 0.29) is 11.9 Å². The SMILES string of the molecule is CC(OC=O)c1ccc2[nH]c(Cc3ccc(OC(F)(F)F)cc3)cc2c1. The van der Waals surface area contributed by atoms with Crippen LogP contribution < -0.4 is 4.74 Å². The first-order chi connectivity index (χ1) is 12.3. The molecular formula is C19H16F3NO3. The molecule has 1 atom stereocenters. The minimum atomic E-state index is -4.69. The number of aromatic amines is 1. The van der Waals surface area contributed by atoms with Crippen molar-refractivity contribution in [1.29, 1.82) is 0 Å². The summed E-state index contributed by atoms with van der Waals surface area (Å²) >= 11 is 0. The molecule has 3 rings (SSSR count). The first-order valence-electron chi connectivity index (χ1n) is 7.89. The Morgan fingerprint density at radius 2 is 1.85 bits per heavy atom. The van der Waals surface area contributed by atoms with Crippen molar-refractivity contribution in [3.8, 4) is 5.75 Å². The molecule has 26 heavy (non-hydrogen) atoms. The molecule has 2 aromatic carbocycles. The monoisotopic (exact) mass is 363 g/mol. The molecule has 0 radical (unpaired) electrons. The highest BCUT2D eigenvalue weighted by Crippen LogP contribution is 2.25. The fraction of sp³-hybridized carbons (Fsp3) is 0.211. The van der Waals surface area contributed by atoms with Crippen LogP contribution in [0.15, 0.2) is 48.5 Å². The van der Waals surface area contributed by atoms with Crippen LogP contribution in [0.4, 0.5) is 13.2 Å². The zero-order valence-electron chi connectivity index (χ0n) is 13.8. The number of hydrogen-bond donors (Lipinski definition) is 1. The van der Waals surface area contributed by atoms with Crippen LogP contribution in [0.25, 0.3) is 10.9 Å². The highest BCUT2D eigenvalue weighted by atomic mass is 19.4. The third-order valence-electron chi connectivity index (χ3n) is 3.98. The van der Waals surface area contributed by atoms with Gasteiger partial charge in [0.1, 0.15) is 11.9 Å². The number of rotatable bonds is 6. The molecule has 0 bridgehead atoms. The normalized spacial score (nSPS) is 12.8. The Morgan fingerprint density at radius 1 is 1.12 bits per heavy atom.